The lowest BCUT2D eigenvalue weighted by atomic mass is 10.2. The molecule has 2 rings (SSSR count). The van der Waals surface area contributed by atoms with E-state index < -0.39 is 0 Å². The number of benzene rings is 1. The largest absolute Gasteiger partial charge is 0.493 e. The van der Waals surface area contributed by atoms with Gasteiger partial charge >= 0.3 is 0 Å². The zero-order chi connectivity index (χ0) is 12.3. The molecule has 1 aliphatic carbocycles. The summed E-state index contributed by atoms with van der Waals surface area (Å²) in [4.78, 5) is 11.4. The average Bonchev–Trinajstić information content (AvgIpc) is 3.07. The standard InChI is InChI=1S/C13H18N2O2/c1-9-8-11(4-5-12(9)14)17-7-6-13(16)15-10-2-3-10/h4-5,8,10H,2-3,6-7,14H2,1H3,(H,15,16). The van der Waals surface area contributed by atoms with Crippen molar-refractivity contribution in [1.29, 1.82) is 0 Å². The van der Waals surface area contributed by atoms with E-state index in [0.717, 1.165) is 29.8 Å². The van der Waals surface area contributed by atoms with Gasteiger partial charge in [-0.1, -0.05) is 0 Å². The molecule has 0 aliphatic heterocycles. The second kappa shape index (κ2) is 5.08. The van der Waals surface area contributed by atoms with Gasteiger partial charge in [-0.3, -0.25) is 4.79 Å². The Hall–Kier alpha value is -1.71. The van der Waals surface area contributed by atoms with E-state index in [-0.39, 0.29) is 5.91 Å². The summed E-state index contributed by atoms with van der Waals surface area (Å²) >= 11 is 0. The smallest absolute Gasteiger partial charge is 0.223 e. The molecule has 0 aromatic heterocycles. The second-order valence-electron chi connectivity index (χ2n) is 4.46. The van der Waals surface area contributed by atoms with Crippen molar-refractivity contribution in [3.8, 4) is 5.75 Å². The van der Waals surface area contributed by atoms with E-state index in [4.69, 9.17) is 10.5 Å². The van der Waals surface area contributed by atoms with E-state index >= 15 is 0 Å². The average molecular weight is 234 g/mol. The van der Waals surface area contributed by atoms with Crippen LogP contribution in [0.15, 0.2) is 18.2 Å². The highest BCUT2D eigenvalue weighted by atomic mass is 16.5. The predicted molar refractivity (Wildman–Crippen MR) is 66.9 cm³/mol. The topological polar surface area (TPSA) is 64.3 Å². The molecular formula is C13H18N2O2. The number of rotatable bonds is 5. The van der Waals surface area contributed by atoms with Crippen molar-refractivity contribution in [1.82, 2.24) is 5.32 Å². The molecule has 17 heavy (non-hydrogen) atoms. The van der Waals surface area contributed by atoms with E-state index in [9.17, 15) is 4.79 Å². The highest BCUT2D eigenvalue weighted by molar-refractivity contribution is 5.76. The fourth-order valence-electron chi connectivity index (χ4n) is 1.53. The van der Waals surface area contributed by atoms with Crippen molar-refractivity contribution in [2.24, 2.45) is 0 Å². The summed E-state index contributed by atoms with van der Waals surface area (Å²) < 4.78 is 5.50. The Bertz CT molecular complexity index is 414. The van der Waals surface area contributed by atoms with Crippen LogP contribution in [0.2, 0.25) is 0 Å². The van der Waals surface area contributed by atoms with Crippen molar-refractivity contribution < 1.29 is 9.53 Å². The highest BCUT2D eigenvalue weighted by Crippen LogP contribution is 2.19. The van der Waals surface area contributed by atoms with Gasteiger partial charge in [0.2, 0.25) is 5.91 Å². The monoisotopic (exact) mass is 234 g/mol. The fraction of sp³-hybridized carbons (Fsp3) is 0.462. The van der Waals surface area contributed by atoms with Crippen molar-refractivity contribution in [2.45, 2.75) is 32.2 Å². The number of ether oxygens (including phenoxy) is 1. The Kier molecular flexibility index (Phi) is 3.52. The lowest BCUT2D eigenvalue weighted by Crippen LogP contribution is -2.26. The minimum atomic E-state index is 0.0691. The fourth-order valence-corrected chi connectivity index (χ4v) is 1.53. The van der Waals surface area contributed by atoms with E-state index in [1.165, 1.54) is 0 Å². The van der Waals surface area contributed by atoms with Gasteiger partial charge in [-0.15, -0.1) is 0 Å². The van der Waals surface area contributed by atoms with Crippen LogP contribution in [-0.4, -0.2) is 18.6 Å². The summed E-state index contributed by atoms with van der Waals surface area (Å²) in [6.45, 7) is 2.34. The highest BCUT2D eigenvalue weighted by Gasteiger charge is 2.22. The Morgan fingerprint density at radius 1 is 1.53 bits per heavy atom. The maximum absolute atomic E-state index is 11.4. The molecule has 4 nitrogen and oxygen atoms in total. The number of aryl methyl sites for hydroxylation is 1. The number of anilines is 1. The van der Waals surface area contributed by atoms with Crippen LogP contribution in [-0.2, 0) is 4.79 Å². The molecule has 0 atom stereocenters. The molecule has 1 amide bonds. The summed E-state index contributed by atoms with van der Waals surface area (Å²) in [5.41, 5.74) is 7.45. The zero-order valence-corrected chi connectivity index (χ0v) is 10.0. The van der Waals surface area contributed by atoms with E-state index in [2.05, 4.69) is 5.32 Å². The summed E-state index contributed by atoms with van der Waals surface area (Å²) in [6, 6.07) is 5.94. The van der Waals surface area contributed by atoms with Crippen molar-refractivity contribution in [3.05, 3.63) is 23.8 Å². The zero-order valence-electron chi connectivity index (χ0n) is 10.0. The summed E-state index contributed by atoms with van der Waals surface area (Å²) in [5.74, 6) is 0.829. The van der Waals surface area contributed by atoms with E-state index in [1.54, 1.807) is 0 Å². The third-order valence-electron chi connectivity index (χ3n) is 2.78. The van der Waals surface area contributed by atoms with Gasteiger partial charge in [0, 0.05) is 11.7 Å². The molecular weight excluding hydrogens is 216 g/mol. The van der Waals surface area contributed by atoms with Gasteiger partial charge in [0.1, 0.15) is 5.75 Å². The van der Waals surface area contributed by atoms with Crippen molar-refractivity contribution >= 4 is 11.6 Å². The van der Waals surface area contributed by atoms with Crippen LogP contribution in [0.1, 0.15) is 24.8 Å². The van der Waals surface area contributed by atoms with Crippen LogP contribution in [0, 0.1) is 6.92 Å². The SMILES string of the molecule is Cc1cc(OCCC(=O)NC2CC2)ccc1N. The van der Waals surface area contributed by atoms with Crippen LogP contribution in [0.5, 0.6) is 5.75 Å². The van der Waals surface area contributed by atoms with Gasteiger partial charge < -0.3 is 15.8 Å². The second-order valence-corrected chi connectivity index (χ2v) is 4.46. The molecule has 1 saturated carbocycles. The number of carbonyl (C=O) groups excluding carboxylic acids is 1. The number of nitrogens with two attached hydrogens (primary N) is 1. The lowest BCUT2D eigenvalue weighted by molar-refractivity contribution is -0.121. The first-order valence-corrected chi connectivity index (χ1v) is 5.93. The van der Waals surface area contributed by atoms with Crippen LogP contribution in [0.25, 0.3) is 0 Å². The van der Waals surface area contributed by atoms with Crippen LogP contribution in [0.4, 0.5) is 5.69 Å². The molecule has 92 valence electrons. The Labute approximate surface area is 101 Å². The van der Waals surface area contributed by atoms with Gasteiger partial charge in [0.05, 0.1) is 13.0 Å². The van der Waals surface area contributed by atoms with Gasteiger partial charge in [-0.05, 0) is 43.5 Å². The first kappa shape index (κ1) is 11.8. The first-order chi connectivity index (χ1) is 8.15. The van der Waals surface area contributed by atoms with Crippen molar-refractivity contribution in [2.75, 3.05) is 12.3 Å². The summed E-state index contributed by atoms with van der Waals surface area (Å²) in [6.07, 6.45) is 2.63. The molecule has 1 aromatic carbocycles. The molecule has 0 heterocycles. The molecule has 4 heteroatoms. The summed E-state index contributed by atoms with van der Waals surface area (Å²) in [5, 5.41) is 2.92. The van der Waals surface area contributed by atoms with E-state index in [0.29, 0.717) is 19.1 Å². The maximum atomic E-state index is 11.4. The Balaban J connectivity index is 1.73. The molecule has 1 aromatic rings. The quantitative estimate of drug-likeness (QED) is 0.761. The van der Waals surface area contributed by atoms with Gasteiger partial charge in [0.15, 0.2) is 0 Å². The number of hydrogen-bond acceptors (Lipinski definition) is 3. The molecule has 0 saturated heterocycles. The molecule has 0 radical (unpaired) electrons. The third kappa shape index (κ3) is 3.66. The molecule has 0 unspecified atom stereocenters. The number of hydrogen-bond donors (Lipinski definition) is 2. The minimum absolute atomic E-state index is 0.0691. The molecule has 0 spiro atoms. The van der Waals surface area contributed by atoms with Gasteiger partial charge in [0.25, 0.3) is 0 Å². The Morgan fingerprint density at radius 2 is 2.29 bits per heavy atom. The number of amides is 1. The summed E-state index contributed by atoms with van der Waals surface area (Å²) in [7, 11) is 0. The van der Waals surface area contributed by atoms with Gasteiger partial charge in [-0.25, -0.2) is 0 Å². The molecule has 3 N–H and O–H groups in total. The molecule has 0 bridgehead atoms. The van der Waals surface area contributed by atoms with Gasteiger partial charge in [-0.2, -0.15) is 0 Å². The third-order valence-corrected chi connectivity index (χ3v) is 2.78. The van der Waals surface area contributed by atoms with Crippen LogP contribution < -0.4 is 15.8 Å². The maximum Gasteiger partial charge on any atom is 0.223 e. The lowest BCUT2D eigenvalue weighted by Gasteiger charge is -2.08. The number of carbonyl (C=O) groups is 1. The first-order valence-electron chi connectivity index (χ1n) is 5.93. The number of nitrogens with one attached hydrogen (secondary N) is 1. The Morgan fingerprint density at radius 3 is 2.94 bits per heavy atom. The normalized spacial score (nSPS) is 14.4. The number of nitrogen functional groups attached to an aromatic ring is 1. The van der Waals surface area contributed by atoms with Crippen molar-refractivity contribution in [3.63, 3.8) is 0 Å². The molecule has 1 aliphatic rings. The minimum Gasteiger partial charge on any atom is -0.493 e. The van der Waals surface area contributed by atoms with Crippen LogP contribution >= 0.6 is 0 Å². The van der Waals surface area contributed by atoms with Crippen LogP contribution in [0.3, 0.4) is 0 Å². The predicted octanol–water partition coefficient (Wildman–Crippen LogP) is 1.62. The van der Waals surface area contributed by atoms with E-state index in [1.807, 2.05) is 25.1 Å². The molecule has 1 fully saturated rings.